The summed E-state index contributed by atoms with van der Waals surface area (Å²) in [6, 6.07) is 14.6. The average molecular weight is 409 g/mol. The highest BCUT2D eigenvalue weighted by molar-refractivity contribution is 5.83. The molecule has 2 aromatic carbocycles. The number of piperazine rings is 1. The van der Waals surface area contributed by atoms with E-state index in [0.717, 1.165) is 57.7 Å². The second-order valence-corrected chi connectivity index (χ2v) is 8.54. The van der Waals surface area contributed by atoms with Crippen LogP contribution in [0.5, 0.6) is 0 Å². The van der Waals surface area contributed by atoms with Crippen molar-refractivity contribution in [3.8, 4) is 0 Å². The summed E-state index contributed by atoms with van der Waals surface area (Å²) in [5, 5.41) is 5.53. The first-order valence-electron chi connectivity index (χ1n) is 11.1. The van der Waals surface area contributed by atoms with Gasteiger partial charge in [-0.2, -0.15) is 0 Å². The maximum atomic E-state index is 12.6. The molecule has 1 unspecified atom stereocenters. The maximum absolute atomic E-state index is 12.6. The van der Waals surface area contributed by atoms with Gasteiger partial charge in [0.05, 0.1) is 19.1 Å². The van der Waals surface area contributed by atoms with E-state index in [1.54, 1.807) is 0 Å². The Bertz CT molecular complexity index is 886. The van der Waals surface area contributed by atoms with Gasteiger partial charge in [-0.25, -0.2) is 0 Å². The van der Waals surface area contributed by atoms with Crippen LogP contribution >= 0.6 is 0 Å². The van der Waals surface area contributed by atoms with Crippen LogP contribution in [0, 0.1) is 0 Å². The summed E-state index contributed by atoms with van der Waals surface area (Å²) in [7, 11) is 0. The van der Waals surface area contributed by atoms with Gasteiger partial charge in [0.15, 0.2) is 0 Å². The summed E-state index contributed by atoms with van der Waals surface area (Å²) in [5.41, 5.74) is 1.12. The molecule has 2 heterocycles. The Balaban J connectivity index is 1.22. The second-order valence-electron chi connectivity index (χ2n) is 8.54. The van der Waals surface area contributed by atoms with Crippen LogP contribution in [-0.4, -0.2) is 78.9 Å². The smallest absolute Gasteiger partial charge is 0.236 e. The van der Waals surface area contributed by atoms with Gasteiger partial charge in [-0.05, 0) is 42.2 Å². The highest BCUT2D eigenvalue weighted by atomic mass is 16.2. The molecule has 0 spiro atoms. The summed E-state index contributed by atoms with van der Waals surface area (Å²) < 4.78 is 0. The van der Waals surface area contributed by atoms with Crippen LogP contribution in [0.4, 0.5) is 0 Å². The van der Waals surface area contributed by atoms with E-state index in [0.29, 0.717) is 13.1 Å². The number of benzene rings is 2. The van der Waals surface area contributed by atoms with Crippen molar-refractivity contribution in [1.82, 2.24) is 20.0 Å². The molecule has 0 saturated carbocycles. The van der Waals surface area contributed by atoms with E-state index in [1.165, 1.54) is 10.8 Å². The van der Waals surface area contributed by atoms with Crippen molar-refractivity contribution >= 4 is 22.6 Å². The number of amides is 2. The van der Waals surface area contributed by atoms with E-state index in [1.807, 2.05) is 24.0 Å². The predicted octanol–water partition coefficient (Wildman–Crippen LogP) is 2.26. The van der Waals surface area contributed by atoms with E-state index < -0.39 is 0 Å². The molecule has 2 aromatic rings. The van der Waals surface area contributed by atoms with Crippen molar-refractivity contribution in [3.05, 3.63) is 48.0 Å². The number of nitrogens with zero attached hydrogens (tertiary/aromatic N) is 3. The van der Waals surface area contributed by atoms with Gasteiger partial charge < -0.3 is 10.2 Å². The topological polar surface area (TPSA) is 55.9 Å². The Labute approximate surface area is 178 Å². The summed E-state index contributed by atoms with van der Waals surface area (Å²) in [4.78, 5) is 31.3. The van der Waals surface area contributed by atoms with Crippen LogP contribution in [-0.2, 0) is 9.59 Å². The fourth-order valence-electron chi connectivity index (χ4n) is 4.41. The summed E-state index contributed by atoms with van der Waals surface area (Å²) in [6.45, 7) is 8.10. The third-order valence-corrected chi connectivity index (χ3v) is 6.30. The Morgan fingerprint density at radius 3 is 2.20 bits per heavy atom. The lowest BCUT2D eigenvalue weighted by Crippen LogP contribution is -2.51. The van der Waals surface area contributed by atoms with Gasteiger partial charge in [-0.1, -0.05) is 36.4 Å². The molecule has 160 valence electrons. The third-order valence-electron chi connectivity index (χ3n) is 6.30. The van der Waals surface area contributed by atoms with Gasteiger partial charge in [-0.3, -0.25) is 19.4 Å². The number of hydrogen-bond donors (Lipinski definition) is 1. The van der Waals surface area contributed by atoms with E-state index in [9.17, 15) is 9.59 Å². The molecule has 0 aromatic heterocycles. The molecule has 6 nitrogen and oxygen atoms in total. The van der Waals surface area contributed by atoms with E-state index in [4.69, 9.17) is 0 Å². The number of rotatable bonds is 6. The first-order chi connectivity index (χ1) is 14.6. The van der Waals surface area contributed by atoms with Crippen LogP contribution in [0.25, 0.3) is 10.8 Å². The number of fused-ring (bicyclic) bond motifs is 1. The molecular formula is C24H32N4O2. The second kappa shape index (κ2) is 9.58. The SMILES string of the molecule is CC(NC(=O)CN1CCN(CC(=O)N2CCCC2)CC1)c1ccc2ccccc2c1. The van der Waals surface area contributed by atoms with Gasteiger partial charge in [0, 0.05) is 39.3 Å². The molecule has 2 aliphatic rings. The zero-order valence-electron chi connectivity index (χ0n) is 17.8. The van der Waals surface area contributed by atoms with Crippen molar-refractivity contribution in [3.63, 3.8) is 0 Å². The van der Waals surface area contributed by atoms with Crippen LogP contribution in [0.1, 0.15) is 31.4 Å². The normalized spacial score (nSPS) is 19.2. The monoisotopic (exact) mass is 408 g/mol. The van der Waals surface area contributed by atoms with Gasteiger partial charge in [-0.15, -0.1) is 0 Å². The lowest BCUT2D eigenvalue weighted by molar-refractivity contribution is -0.132. The van der Waals surface area contributed by atoms with Crippen molar-refractivity contribution < 1.29 is 9.59 Å². The number of carbonyl (C=O) groups excluding carboxylic acids is 2. The molecule has 30 heavy (non-hydrogen) atoms. The van der Waals surface area contributed by atoms with Crippen molar-refractivity contribution in [1.29, 1.82) is 0 Å². The van der Waals surface area contributed by atoms with Gasteiger partial charge >= 0.3 is 0 Å². The van der Waals surface area contributed by atoms with Crippen LogP contribution in [0.2, 0.25) is 0 Å². The number of nitrogens with one attached hydrogen (secondary N) is 1. The number of hydrogen-bond acceptors (Lipinski definition) is 4. The Kier molecular flexibility index (Phi) is 6.65. The Morgan fingerprint density at radius 1 is 0.867 bits per heavy atom. The minimum Gasteiger partial charge on any atom is -0.348 e. The van der Waals surface area contributed by atoms with E-state index in [-0.39, 0.29) is 17.9 Å². The van der Waals surface area contributed by atoms with E-state index in [2.05, 4.69) is 45.4 Å². The maximum Gasteiger partial charge on any atom is 0.236 e. The number of carbonyl (C=O) groups is 2. The molecule has 6 heteroatoms. The first kappa shape index (κ1) is 20.8. The standard InChI is InChI=1S/C24H32N4O2/c1-19(21-9-8-20-6-2-3-7-22(20)16-21)25-23(29)17-26-12-14-27(15-13-26)18-24(30)28-10-4-5-11-28/h2-3,6-9,16,19H,4-5,10-15,17-18H2,1H3,(H,25,29). The molecule has 4 rings (SSSR count). The summed E-state index contributed by atoms with van der Waals surface area (Å²) >= 11 is 0. The van der Waals surface area contributed by atoms with E-state index >= 15 is 0 Å². The minimum atomic E-state index is -0.0264. The molecule has 1 atom stereocenters. The molecule has 0 radical (unpaired) electrons. The largest absolute Gasteiger partial charge is 0.348 e. The van der Waals surface area contributed by atoms with Crippen LogP contribution < -0.4 is 5.32 Å². The highest BCUT2D eigenvalue weighted by Gasteiger charge is 2.24. The molecule has 1 N–H and O–H groups in total. The Morgan fingerprint density at radius 2 is 1.50 bits per heavy atom. The van der Waals surface area contributed by atoms with Gasteiger partial charge in [0.1, 0.15) is 0 Å². The average Bonchev–Trinajstić information content (AvgIpc) is 3.30. The molecule has 2 amide bonds. The molecule has 2 fully saturated rings. The third kappa shape index (κ3) is 5.18. The van der Waals surface area contributed by atoms with Gasteiger partial charge in [0.25, 0.3) is 0 Å². The molecule has 0 aliphatic carbocycles. The summed E-state index contributed by atoms with van der Waals surface area (Å²) in [6.07, 6.45) is 2.26. The molecule has 2 aliphatic heterocycles. The predicted molar refractivity (Wildman–Crippen MR) is 119 cm³/mol. The van der Waals surface area contributed by atoms with Gasteiger partial charge in [0.2, 0.25) is 11.8 Å². The molecule has 2 saturated heterocycles. The zero-order valence-corrected chi connectivity index (χ0v) is 17.8. The van der Waals surface area contributed by atoms with Crippen molar-refractivity contribution in [2.24, 2.45) is 0 Å². The highest BCUT2D eigenvalue weighted by Crippen LogP contribution is 2.20. The van der Waals surface area contributed by atoms with Crippen LogP contribution in [0.15, 0.2) is 42.5 Å². The lowest BCUT2D eigenvalue weighted by atomic mass is 10.0. The Hall–Kier alpha value is -2.44. The molecule has 0 bridgehead atoms. The van der Waals surface area contributed by atoms with Crippen molar-refractivity contribution in [2.45, 2.75) is 25.8 Å². The number of likely N-dealkylation sites (tertiary alicyclic amines) is 1. The zero-order chi connectivity index (χ0) is 20.9. The van der Waals surface area contributed by atoms with Crippen LogP contribution in [0.3, 0.4) is 0 Å². The van der Waals surface area contributed by atoms with Crippen molar-refractivity contribution in [2.75, 3.05) is 52.4 Å². The fourth-order valence-corrected chi connectivity index (χ4v) is 4.41. The first-order valence-corrected chi connectivity index (χ1v) is 11.1. The summed E-state index contributed by atoms with van der Waals surface area (Å²) in [5.74, 6) is 0.306. The minimum absolute atomic E-state index is 0.0264. The fraction of sp³-hybridized carbons (Fsp3) is 0.500. The lowest BCUT2D eigenvalue weighted by Gasteiger charge is -2.34. The quantitative estimate of drug-likeness (QED) is 0.797. The molecular weight excluding hydrogens is 376 g/mol.